The van der Waals surface area contributed by atoms with Gasteiger partial charge in [0.25, 0.3) is 0 Å². The van der Waals surface area contributed by atoms with Gasteiger partial charge in [0.15, 0.2) is 0 Å². The van der Waals surface area contributed by atoms with Crippen LogP contribution in [0.15, 0.2) is 0 Å². The van der Waals surface area contributed by atoms with Crippen LogP contribution in [-0.2, 0) is 9.53 Å². The van der Waals surface area contributed by atoms with Crippen LogP contribution in [0.1, 0.15) is 26.2 Å². The Hall–Kier alpha value is -0.570. The Morgan fingerprint density at radius 2 is 2.09 bits per heavy atom. The fourth-order valence-electron chi connectivity index (χ4n) is 0.594. The van der Waals surface area contributed by atoms with Gasteiger partial charge in [-0.05, 0) is 20.5 Å². The molecule has 0 unspecified atom stereocenters. The molecule has 3 nitrogen and oxygen atoms in total. The average molecular weight is 159 g/mol. The largest absolute Gasteiger partial charge is 0.450 e. The highest BCUT2D eigenvalue weighted by Crippen LogP contribution is 1.96. The second-order valence-corrected chi connectivity index (χ2v) is 2.83. The lowest BCUT2D eigenvalue weighted by molar-refractivity contribution is -0.147. The van der Waals surface area contributed by atoms with Crippen molar-refractivity contribution >= 4 is 5.97 Å². The van der Waals surface area contributed by atoms with Crippen molar-refractivity contribution in [2.45, 2.75) is 26.2 Å². The van der Waals surface area contributed by atoms with Gasteiger partial charge >= 0.3 is 5.97 Å². The zero-order valence-electron chi connectivity index (χ0n) is 7.59. The van der Waals surface area contributed by atoms with E-state index in [9.17, 15) is 4.79 Å². The summed E-state index contributed by atoms with van der Waals surface area (Å²) in [7, 11) is 3.74. The number of esters is 1. The van der Waals surface area contributed by atoms with Crippen LogP contribution < -0.4 is 0 Å². The van der Waals surface area contributed by atoms with Crippen LogP contribution in [-0.4, -0.2) is 31.7 Å². The second-order valence-electron chi connectivity index (χ2n) is 2.83. The first kappa shape index (κ1) is 10.4. The number of nitrogens with zero attached hydrogens (tertiary/aromatic N) is 1. The van der Waals surface area contributed by atoms with Gasteiger partial charge in [-0.15, -0.1) is 0 Å². The third-order valence-corrected chi connectivity index (χ3v) is 1.22. The van der Waals surface area contributed by atoms with Crippen LogP contribution in [0.25, 0.3) is 0 Å². The molecular formula is C8H17NO2. The Kier molecular flexibility index (Phi) is 5.84. The van der Waals surface area contributed by atoms with E-state index in [4.69, 9.17) is 4.74 Å². The molecule has 0 amide bonds. The van der Waals surface area contributed by atoms with E-state index in [1.165, 1.54) is 0 Å². The maximum Gasteiger partial charge on any atom is 0.307 e. The molecule has 0 spiro atoms. The first-order valence-electron chi connectivity index (χ1n) is 3.97. The number of hydrogen-bond acceptors (Lipinski definition) is 3. The van der Waals surface area contributed by atoms with E-state index >= 15 is 0 Å². The summed E-state index contributed by atoms with van der Waals surface area (Å²) in [5.74, 6) is -0.0967. The number of rotatable bonds is 5. The van der Waals surface area contributed by atoms with Gasteiger partial charge in [0.2, 0.25) is 0 Å². The molecular weight excluding hydrogens is 142 g/mol. The van der Waals surface area contributed by atoms with E-state index in [-0.39, 0.29) is 5.97 Å². The minimum absolute atomic E-state index is 0.0967. The van der Waals surface area contributed by atoms with Crippen molar-refractivity contribution in [2.24, 2.45) is 0 Å². The Morgan fingerprint density at radius 1 is 1.45 bits per heavy atom. The highest BCUT2D eigenvalue weighted by molar-refractivity contribution is 5.69. The number of hydrogen-bond donors (Lipinski definition) is 0. The first-order chi connectivity index (χ1) is 5.16. The number of carbonyl (C=O) groups is 1. The van der Waals surface area contributed by atoms with Crippen molar-refractivity contribution < 1.29 is 9.53 Å². The van der Waals surface area contributed by atoms with Gasteiger partial charge in [-0.1, -0.05) is 13.3 Å². The van der Waals surface area contributed by atoms with Crippen molar-refractivity contribution in [3.63, 3.8) is 0 Å². The van der Waals surface area contributed by atoms with Gasteiger partial charge in [-0.25, -0.2) is 0 Å². The van der Waals surface area contributed by atoms with Gasteiger partial charge in [0, 0.05) is 6.42 Å². The Bertz CT molecular complexity index is 113. The molecule has 0 atom stereocenters. The highest BCUT2D eigenvalue weighted by atomic mass is 16.5. The lowest BCUT2D eigenvalue weighted by Gasteiger charge is -2.09. The molecule has 0 aliphatic heterocycles. The Labute approximate surface area is 68.3 Å². The third kappa shape index (κ3) is 7.33. The molecule has 0 saturated heterocycles. The summed E-state index contributed by atoms with van der Waals surface area (Å²) >= 11 is 0. The summed E-state index contributed by atoms with van der Waals surface area (Å²) in [5, 5.41) is 0. The molecule has 0 bridgehead atoms. The van der Waals surface area contributed by atoms with E-state index in [1.54, 1.807) is 0 Å². The minimum Gasteiger partial charge on any atom is -0.450 e. The topological polar surface area (TPSA) is 29.5 Å². The summed E-state index contributed by atoms with van der Waals surface area (Å²) < 4.78 is 4.89. The maximum atomic E-state index is 10.9. The molecule has 3 heteroatoms. The van der Waals surface area contributed by atoms with E-state index in [0.717, 1.165) is 12.8 Å². The van der Waals surface area contributed by atoms with Crippen LogP contribution in [0.4, 0.5) is 0 Å². The standard InChI is InChI=1S/C8H17NO2/c1-4-5-6-8(10)11-7-9(2)3/h4-7H2,1-3H3. The predicted octanol–water partition coefficient (Wildman–Crippen LogP) is 1.24. The SMILES string of the molecule is CCCCC(=O)OCN(C)C. The fourth-order valence-corrected chi connectivity index (χ4v) is 0.594. The number of ether oxygens (including phenoxy) is 1. The summed E-state index contributed by atoms with van der Waals surface area (Å²) in [5.41, 5.74) is 0. The van der Waals surface area contributed by atoms with E-state index in [2.05, 4.69) is 6.92 Å². The molecule has 0 saturated carbocycles. The van der Waals surface area contributed by atoms with E-state index in [0.29, 0.717) is 13.2 Å². The van der Waals surface area contributed by atoms with Gasteiger partial charge in [0.05, 0.1) is 0 Å². The molecule has 11 heavy (non-hydrogen) atoms. The zero-order valence-corrected chi connectivity index (χ0v) is 7.59. The Morgan fingerprint density at radius 3 is 2.55 bits per heavy atom. The van der Waals surface area contributed by atoms with E-state index < -0.39 is 0 Å². The average Bonchev–Trinajstić information content (AvgIpc) is 1.97. The van der Waals surface area contributed by atoms with Gasteiger partial charge < -0.3 is 4.74 Å². The smallest absolute Gasteiger partial charge is 0.307 e. The zero-order chi connectivity index (χ0) is 8.69. The lowest BCUT2D eigenvalue weighted by Crippen LogP contribution is -2.19. The number of unbranched alkanes of at least 4 members (excludes halogenated alkanes) is 1. The molecule has 66 valence electrons. The van der Waals surface area contributed by atoms with Crippen LogP contribution >= 0.6 is 0 Å². The predicted molar refractivity (Wildman–Crippen MR) is 44.2 cm³/mol. The van der Waals surface area contributed by atoms with Crippen LogP contribution in [0, 0.1) is 0 Å². The number of carbonyl (C=O) groups excluding carboxylic acids is 1. The minimum atomic E-state index is -0.0967. The van der Waals surface area contributed by atoms with Gasteiger partial charge in [-0.3, -0.25) is 9.69 Å². The highest BCUT2D eigenvalue weighted by Gasteiger charge is 2.00. The van der Waals surface area contributed by atoms with E-state index in [1.807, 2.05) is 19.0 Å². The monoisotopic (exact) mass is 159 g/mol. The molecule has 0 aliphatic rings. The lowest BCUT2D eigenvalue weighted by atomic mass is 10.3. The molecule has 0 aromatic heterocycles. The Balaban J connectivity index is 3.23. The van der Waals surface area contributed by atoms with Crippen LogP contribution in [0.2, 0.25) is 0 Å². The summed E-state index contributed by atoms with van der Waals surface area (Å²) in [6.45, 7) is 2.45. The van der Waals surface area contributed by atoms with Crippen molar-refractivity contribution in [1.82, 2.24) is 4.90 Å². The van der Waals surface area contributed by atoms with Crippen molar-refractivity contribution in [3.05, 3.63) is 0 Å². The first-order valence-corrected chi connectivity index (χ1v) is 3.97. The quantitative estimate of drug-likeness (QED) is 0.446. The molecule has 0 N–H and O–H groups in total. The normalized spacial score (nSPS) is 10.2. The van der Waals surface area contributed by atoms with Crippen LogP contribution in [0.3, 0.4) is 0 Å². The molecule has 0 radical (unpaired) electrons. The molecule has 0 rings (SSSR count). The summed E-state index contributed by atoms with van der Waals surface area (Å²) in [6.07, 6.45) is 2.51. The molecule has 0 aliphatic carbocycles. The van der Waals surface area contributed by atoms with Gasteiger partial charge in [-0.2, -0.15) is 0 Å². The molecule has 0 heterocycles. The summed E-state index contributed by atoms with van der Waals surface area (Å²) in [6, 6.07) is 0. The maximum absolute atomic E-state index is 10.9. The summed E-state index contributed by atoms with van der Waals surface area (Å²) in [4.78, 5) is 12.7. The fraction of sp³-hybridized carbons (Fsp3) is 0.875. The van der Waals surface area contributed by atoms with Gasteiger partial charge in [0.1, 0.15) is 6.73 Å². The molecule has 0 aromatic carbocycles. The third-order valence-electron chi connectivity index (χ3n) is 1.22. The van der Waals surface area contributed by atoms with Crippen LogP contribution in [0.5, 0.6) is 0 Å². The molecule has 0 fully saturated rings. The van der Waals surface area contributed by atoms with Crippen molar-refractivity contribution in [3.8, 4) is 0 Å². The van der Waals surface area contributed by atoms with Crippen molar-refractivity contribution in [2.75, 3.05) is 20.8 Å². The van der Waals surface area contributed by atoms with Crippen molar-refractivity contribution in [1.29, 1.82) is 0 Å². The second kappa shape index (κ2) is 6.16. The molecule has 0 aromatic rings.